The summed E-state index contributed by atoms with van der Waals surface area (Å²) in [6.07, 6.45) is 3.79. The third-order valence-electron chi connectivity index (χ3n) is 3.87. The lowest BCUT2D eigenvalue weighted by atomic mass is 10.1. The Balaban J connectivity index is 1.53. The molecule has 2 fully saturated rings. The van der Waals surface area contributed by atoms with Crippen LogP contribution in [-0.2, 0) is 11.3 Å². The van der Waals surface area contributed by atoms with Gasteiger partial charge in [-0.25, -0.2) is 0 Å². The fourth-order valence-corrected chi connectivity index (χ4v) is 2.56. The number of anilines is 1. The van der Waals surface area contributed by atoms with Crippen LogP contribution in [0.15, 0.2) is 12.1 Å². The second-order valence-electron chi connectivity index (χ2n) is 5.59. The average molecular weight is 262 g/mol. The zero-order valence-electron chi connectivity index (χ0n) is 11.5. The Kier molecular flexibility index (Phi) is 3.94. The van der Waals surface area contributed by atoms with Crippen molar-refractivity contribution in [3.8, 4) is 0 Å². The molecule has 19 heavy (non-hydrogen) atoms. The molecule has 1 N–H and O–H groups in total. The second-order valence-corrected chi connectivity index (χ2v) is 5.59. The molecular weight excluding hydrogens is 240 g/mol. The topological polar surface area (TPSA) is 50.3 Å². The van der Waals surface area contributed by atoms with E-state index in [9.17, 15) is 0 Å². The second kappa shape index (κ2) is 5.84. The van der Waals surface area contributed by atoms with Crippen LogP contribution in [0.3, 0.4) is 0 Å². The monoisotopic (exact) mass is 262 g/mol. The Morgan fingerprint density at radius 2 is 2.21 bits per heavy atom. The Labute approximate surface area is 114 Å². The Morgan fingerprint density at radius 1 is 1.32 bits per heavy atom. The van der Waals surface area contributed by atoms with Gasteiger partial charge >= 0.3 is 0 Å². The van der Waals surface area contributed by atoms with E-state index in [0.29, 0.717) is 5.92 Å². The van der Waals surface area contributed by atoms with E-state index in [2.05, 4.69) is 32.5 Å². The number of hydrogen-bond donors (Lipinski definition) is 1. The molecule has 1 saturated carbocycles. The van der Waals surface area contributed by atoms with Crippen molar-refractivity contribution >= 4 is 5.82 Å². The first-order chi connectivity index (χ1) is 9.35. The molecule has 0 spiro atoms. The van der Waals surface area contributed by atoms with Gasteiger partial charge in [0.05, 0.1) is 12.3 Å². The predicted molar refractivity (Wildman–Crippen MR) is 74.1 cm³/mol. The molecule has 1 saturated heterocycles. The van der Waals surface area contributed by atoms with Crippen molar-refractivity contribution in [3.63, 3.8) is 0 Å². The van der Waals surface area contributed by atoms with Crippen LogP contribution < -0.4 is 10.2 Å². The molecule has 0 bridgehead atoms. The first kappa shape index (κ1) is 12.8. The lowest BCUT2D eigenvalue weighted by molar-refractivity contribution is 0.161. The van der Waals surface area contributed by atoms with Crippen LogP contribution in [0.1, 0.15) is 25.0 Å². The summed E-state index contributed by atoms with van der Waals surface area (Å²) in [4.78, 5) is 2.30. The Hall–Kier alpha value is -1.20. The van der Waals surface area contributed by atoms with Gasteiger partial charge in [0.2, 0.25) is 0 Å². The van der Waals surface area contributed by atoms with E-state index >= 15 is 0 Å². The largest absolute Gasteiger partial charge is 0.384 e. The van der Waals surface area contributed by atoms with E-state index in [4.69, 9.17) is 4.74 Å². The van der Waals surface area contributed by atoms with Gasteiger partial charge in [0, 0.05) is 38.7 Å². The van der Waals surface area contributed by atoms with Gasteiger partial charge in [0.1, 0.15) is 0 Å². The molecule has 2 aliphatic rings. The summed E-state index contributed by atoms with van der Waals surface area (Å²) in [6.45, 7) is 3.77. The van der Waals surface area contributed by atoms with Gasteiger partial charge in [-0.1, -0.05) is 0 Å². The van der Waals surface area contributed by atoms with Gasteiger partial charge in [-0.05, 0) is 31.4 Å². The molecule has 1 aromatic rings. The van der Waals surface area contributed by atoms with Gasteiger partial charge in [-0.3, -0.25) is 0 Å². The normalized spacial score (nSPS) is 23.0. The molecule has 0 amide bonds. The van der Waals surface area contributed by atoms with Crippen molar-refractivity contribution in [2.24, 2.45) is 5.92 Å². The Morgan fingerprint density at radius 3 is 2.89 bits per heavy atom. The molecule has 1 aromatic heterocycles. The van der Waals surface area contributed by atoms with Crippen molar-refractivity contribution in [2.75, 3.05) is 31.7 Å². The van der Waals surface area contributed by atoms with E-state index in [-0.39, 0.29) is 0 Å². The number of nitrogens with one attached hydrogen (secondary N) is 1. The molecule has 1 aliphatic carbocycles. The summed E-state index contributed by atoms with van der Waals surface area (Å²) in [5.41, 5.74) is 1.03. The lowest BCUT2D eigenvalue weighted by Gasteiger charge is -2.16. The summed E-state index contributed by atoms with van der Waals surface area (Å²) >= 11 is 0. The molecule has 0 aromatic carbocycles. The smallest absolute Gasteiger partial charge is 0.151 e. The molecule has 1 atom stereocenters. The number of ether oxygens (including phenoxy) is 1. The molecular formula is C14H22N4O. The van der Waals surface area contributed by atoms with Crippen molar-refractivity contribution in [1.29, 1.82) is 0 Å². The molecule has 104 valence electrons. The van der Waals surface area contributed by atoms with Crippen LogP contribution >= 0.6 is 0 Å². The third kappa shape index (κ3) is 3.42. The maximum absolute atomic E-state index is 5.22. The number of rotatable bonds is 6. The highest BCUT2D eigenvalue weighted by Crippen LogP contribution is 2.22. The summed E-state index contributed by atoms with van der Waals surface area (Å²) in [5, 5.41) is 12.1. The van der Waals surface area contributed by atoms with E-state index < -0.39 is 0 Å². The zero-order chi connectivity index (χ0) is 13.1. The zero-order valence-corrected chi connectivity index (χ0v) is 11.5. The van der Waals surface area contributed by atoms with Crippen molar-refractivity contribution in [1.82, 2.24) is 15.5 Å². The third-order valence-corrected chi connectivity index (χ3v) is 3.87. The van der Waals surface area contributed by atoms with Crippen molar-refractivity contribution < 1.29 is 4.74 Å². The van der Waals surface area contributed by atoms with Gasteiger partial charge < -0.3 is 15.0 Å². The number of methoxy groups -OCH3 is 1. The van der Waals surface area contributed by atoms with Crippen LogP contribution in [-0.4, -0.2) is 43.0 Å². The van der Waals surface area contributed by atoms with Gasteiger partial charge in [-0.15, -0.1) is 5.10 Å². The van der Waals surface area contributed by atoms with Crippen LogP contribution in [0.4, 0.5) is 5.82 Å². The highest BCUT2D eigenvalue weighted by Gasteiger charge is 2.24. The quantitative estimate of drug-likeness (QED) is 0.835. The molecule has 5 nitrogen and oxygen atoms in total. The minimum absolute atomic E-state index is 0.628. The van der Waals surface area contributed by atoms with Crippen molar-refractivity contribution in [3.05, 3.63) is 17.8 Å². The minimum Gasteiger partial charge on any atom is -0.384 e. The molecule has 5 heteroatoms. The highest BCUT2D eigenvalue weighted by atomic mass is 16.5. The fraction of sp³-hybridized carbons (Fsp3) is 0.714. The van der Waals surface area contributed by atoms with Crippen LogP contribution in [0.5, 0.6) is 0 Å². The summed E-state index contributed by atoms with van der Waals surface area (Å²) < 4.78 is 5.22. The summed E-state index contributed by atoms with van der Waals surface area (Å²) in [7, 11) is 1.77. The van der Waals surface area contributed by atoms with Crippen LogP contribution in [0, 0.1) is 5.92 Å². The SMILES string of the molecule is COCC1CCN(c2ccc(CNC3CC3)nn2)C1. The molecule has 1 unspecified atom stereocenters. The van der Waals surface area contributed by atoms with E-state index in [1.165, 1.54) is 19.3 Å². The average Bonchev–Trinajstić information content (AvgIpc) is 3.16. The highest BCUT2D eigenvalue weighted by molar-refractivity contribution is 5.38. The summed E-state index contributed by atoms with van der Waals surface area (Å²) in [6, 6.07) is 4.89. The molecule has 0 radical (unpaired) electrons. The molecule has 2 heterocycles. The van der Waals surface area contributed by atoms with Crippen LogP contribution in [0.2, 0.25) is 0 Å². The standard InChI is InChI=1S/C14H22N4O/c1-19-10-11-6-7-18(9-11)14-5-4-13(16-17-14)8-15-12-2-3-12/h4-5,11-12,15H,2-3,6-10H2,1H3. The predicted octanol–water partition coefficient (Wildman–Crippen LogP) is 1.20. The first-order valence-corrected chi connectivity index (χ1v) is 7.15. The van der Waals surface area contributed by atoms with Gasteiger partial charge in [0.25, 0.3) is 0 Å². The summed E-state index contributed by atoms with van der Waals surface area (Å²) in [5.74, 6) is 1.62. The van der Waals surface area contributed by atoms with Crippen LogP contribution in [0.25, 0.3) is 0 Å². The van der Waals surface area contributed by atoms with Gasteiger partial charge in [0.15, 0.2) is 5.82 Å². The number of hydrogen-bond acceptors (Lipinski definition) is 5. The van der Waals surface area contributed by atoms with Gasteiger partial charge in [-0.2, -0.15) is 5.10 Å². The van der Waals surface area contributed by atoms with Crippen molar-refractivity contribution in [2.45, 2.75) is 31.8 Å². The fourth-order valence-electron chi connectivity index (χ4n) is 2.56. The minimum atomic E-state index is 0.628. The molecule has 1 aliphatic heterocycles. The lowest BCUT2D eigenvalue weighted by Crippen LogP contribution is -2.23. The first-order valence-electron chi connectivity index (χ1n) is 7.15. The van der Waals surface area contributed by atoms with E-state index in [0.717, 1.165) is 43.8 Å². The maximum atomic E-state index is 5.22. The van der Waals surface area contributed by atoms with E-state index in [1.54, 1.807) is 7.11 Å². The maximum Gasteiger partial charge on any atom is 0.151 e. The molecule has 3 rings (SSSR count). The number of aromatic nitrogens is 2. The number of nitrogens with zero attached hydrogens (tertiary/aromatic N) is 3. The van der Waals surface area contributed by atoms with E-state index in [1.807, 2.05) is 0 Å². The Bertz CT molecular complexity index is 404.